The van der Waals surface area contributed by atoms with Gasteiger partial charge in [0.05, 0.1) is 11.9 Å². The largest absolute Gasteiger partial charge is 0.437 e. The van der Waals surface area contributed by atoms with Crippen molar-refractivity contribution in [2.75, 3.05) is 0 Å². The van der Waals surface area contributed by atoms with Crippen LogP contribution in [0.1, 0.15) is 11.3 Å². The van der Waals surface area contributed by atoms with Gasteiger partial charge in [0.15, 0.2) is 11.4 Å². The van der Waals surface area contributed by atoms with Gasteiger partial charge in [0.25, 0.3) is 0 Å². The number of nitrogens with one attached hydrogen (secondary N) is 1. The molecule has 5 nitrogen and oxygen atoms in total. The molecule has 0 radical (unpaired) electrons. The SMILES string of the molecule is O=C(NCc1ccc(Cl)cc1Cl)Oc1cnn(-c2ccc(F)cc2)c1C(F)(F)F. The van der Waals surface area contributed by atoms with Crippen molar-refractivity contribution in [1.29, 1.82) is 0 Å². The smallest absolute Gasteiger partial charge is 0.406 e. The van der Waals surface area contributed by atoms with Crippen LogP contribution in [0.2, 0.25) is 10.0 Å². The molecule has 0 fully saturated rings. The van der Waals surface area contributed by atoms with Crippen molar-refractivity contribution in [1.82, 2.24) is 15.1 Å². The third-order valence-corrected chi connectivity index (χ3v) is 4.30. The molecule has 3 rings (SSSR count). The molecular weight excluding hydrogens is 437 g/mol. The van der Waals surface area contributed by atoms with E-state index in [9.17, 15) is 22.4 Å². The lowest BCUT2D eigenvalue weighted by Crippen LogP contribution is -2.27. The number of benzene rings is 2. The molecule has 11 heteroatoms. The summed E-state index contributed by atoms with van der Waals surface area (Å²) in [5.74, 6) is -1.42. The summed E-state index contributed by atoms with van der Waals surface area (Å²) < 4.78 is 58.9. The van der Waals surface area contributed by atoms with E-state index in [4.69, 9.17) is 27.9 Å². The Morgan fingerprint density at radius 2 is 1.83 bits per heavy atom. The molecule has 1 heterocycles. The van der Waals surface area contributed by atoms with Crippen LogP contribution in [0.25, 0.3) is 5.69 Å². The molecule has 0 aliphatic heterocycles. The van der Waals surface area contributed by atoms with Crippen LogP contribution in [0.3, 0.4) is 0 Å². The number of hydrogen-bond acceptors (Lipinski definition) is 3. The monoisotopic (exact) mass is 447 g/mol. The Labute approximate surface area is 171 Å². The summed E-state index contributed by atoms with van der Waals surface area (Å²) in [6, 6.07) is 8.76. The molecule has 29 heavy (non-hydrogen) atoms. The fraction of sp³-hybridized carbons (Fsp3) is 0.111. The van der Waals surface area contributed by atoms with E-state index >= 15 is 0 Å². The van der Waals surface area contributed by atoms with Crippen LogP contribution in [0.5, 0.6) is 5.75 Å². The second-order valence-electron chi connectivity index (χ2n) is 5.72. The summed E-state index contributed by atoms with van der Waals surface area (Å²) in [6.07, 6.45) is -5.28. The van der Waals surface area contributed by atoms with E-state index in [2.05, 4.69) is 10.4 Å². The summed E-state index contributed by atoms with van der Waals surface area (Å²) in [5.41, 5.74) is -0.878. The number of rotatable bonds is 4. The molecule has 0 spiro atoms. The molecular formula is C18H11Cl2F4N3O2. The number of aromatic nitrogens is 2. The number of ether oxygens (including phenoxy) is 1. The highest BCUT2D eigenvalue weighted by Crippen LogP contribution is 2.37. The van der Waals surface area contributed by atoms with Crippen molar-refractivity contribution < 1.29 is 27.1 Å². The topological polar surface area (TPSA) is 56.1 Å². The normalized spacial score (nSPS) is 11.4. The van der Waals surface area contributed by atoms with Crippen molar-refractivity contribution >= 4 is 29.3 Å². The zero-order valence-corrected chi connectivity index (χ0v) is 15.8. The van der Waals surface area contributed by atoms with Gasteiger partial charge in [0.2, 0.25) is 0 Å². The first-order valence-corrected chi connectivity index (χ1v) is 8.71. The van der Waals surface area contributed by atoms with Gasteiger partial charge in [-0.3, -0.25) is 0 Å². The number of carbonyl (C=O) groups is 1. The van der Waals surface area contributed by atoms with Crippen molar-refractivity contribution in [3.8, 4) is 11.4 Å². The molecule has 0 saturated carbocycles. The van der Waals surface area contributed by atoms with Crippen molar-refractivity contribution in [2.45, 2.75) is 12.7 Å². The Morgan fingerprint density at radius 3 is 2.45 bits per heavy atom. The second-order valence-corrected chi connectivity index (χ2v) is 6.57. The van der Waals surface area contributed by atoms with Crippen LogP contribution < -0.4 is 10.1 Å². The lowest BCUT2D eigenvalue weighted by atomic mass is 10.2. The van der Waals surface area contributed by atoms with Crippen LogP contribution >= 0.6 is 23.2 Å². The van der Waals surface area contributed by atoms with Crippen molar-refractivity contribution in [3.05, 3.63) is 75.8 Å². The Morgan fingerprint density at radius 1 is 1.14 bits per heavy atom. The van der Waals surface area contributed by atoms with Crippen molar-refractivity contribution in [3.63, 3.8) is 0 Å². The van der Waals surface area contributed by atoms with Gasteiger partial charge in [0.1, 0.15) is 5.82 Å². The maximum Gasteiger partial charge on any atom is 0.437 e. The van der Waals surface area contributed by atoms with Crippen LogP contribution in [-0.4, -0.2) is 15.9 Å². The van der Waals surface area contributed by atoms with Crippen LogP contribution in [-0.2, 0) is 12.7 Å². The van der Waals surface area contributed by atoms with E-state index in [0.717, 1.165) is 30.5 Å². The molecule has 2 aromatic carbocycles. The summed E-state index contributed by atoms with van der Waals surface area (Å²) in [6.45, 7) is -0.0950. The molecule has 0 unspecified atom stereocenters. The van der Waals surface area contributed by atoms with E-state index < -0.39 is 29.5 Å². The standard InChI is InChI=1S/C18H11Cl2F4N3O2/c19-11-2-1-10(14(20)7-11)8-25-17(28)29-15-9-26-27(16(15)18(22,23)24)13-5-3-12(21)4-6-13/h1-7,9H,8H2,(H,25,28). The predicted molar refractivity (Wildman–Crippen MR) is 97.8 cm³/mol. The minimum Gasteiger partial charge on any atom is -0.406 e. The van der Waals surface area contributed by atoms with Gasteiger partial charge in [0, 0.05) is 16.6 Å². The van der Waals surface area contributed by atoms with Gasteiger partial charge in [-0.15, -0.1) is 0 Å². The first-order chi connectivity index (χ1) is 13.6. The summed E-state index contributed by atoms with van der Waals surface area (Å²) in [4.78, 5) is 12.0. The Bertz CT molecular complexity index is 1040. The van der Waals surface area contributed by atoms with E-state index in [0.29, 0.717) is 15.3 Å². The predicted octanol–water partition coefficient (Wildman–Crippen LogP) is 5.63. The Kier molecular flexibility index (Phi) is 5.99. The van der Waals surface area contributed by atoms with Crippen LogP contribution in [0, 0.1) is 5.82 Å². The molecule has 0 bridgehead atoms. The number of amides is 1. The molecule has 0 aliphatic carbocycles. The van der Waals surface area contributed by atoms with E-state index in [1.54, 1.807) is 12.1 Å². The molecule has 152 valence electrons. The van der Waals surface area contributed by atoms with E-state index in [-0.39, 0.29) is 17.3 Å². The molecule has 0 aliphatic rings. The van der Waals surface area contributed by atoms with Gasteiger partial charge in [-0.25, -0.2) is 13.9 Å². The van der Waals surface area contributed by atoms with Gasteiger partial charge >= 0.3 is 12.3 Å². The maximum absolute atomic E-state index is 13.5. The molecule has 3 aromatic rings. The fourth-order valence-corrected chi connectivity index (χ4v) is 2.89. The number of halogens is 6. The van der Waals surface area contributed by atoms with Crippen LogP contribution in [0.4, 0.5) is 22.4 Å². The highest BCUT2D eigenvalue weighted by atomic mass is 35.5. The lowest BCUT2D eigenvalue weighted by Gasteiger charge is -2.13. The third-order valence-electron chi connectivity index (χ3n) is 3.72. The maximum atomic E-state index is 13.5. The summed E-state index contributed by atoms with van der Waals surface area (Å²) >= 11 is 11.8. The van der Waals surface area contributed by atoms with Gasteiger partial charge in [-0.05, 0) is 42.0 Å². The summed E-state index contributed by atoms with van der Waals surface area (Å²) in [7, 11) is 0. The third kappa shape index (κ3) is 4.99. The minimum atomic E-state index is -4.89. The summed E-state index contributed by atoms with van der Waals surface area (Å²) in [5, 5.41) is 6.58. The average Bonchev–Trinajstić information content (AvgIpc) is 3.05. The highest BCUT2D eigenvalue weighted by Gasteiger charge is 2.40. The highest BCUT2D eigenvalue weighted by molar-refractivity contribution is 6.35. The van der Waals surface area contributed by atoms with Gasteiger partial charge < -0.3 is 10.1 Å². The first-order valence-electron chi connectivity index (χ1n) is 7.96. The Hall–Kier alpha value is -2.78. The van der Waals surface area contributed by atoms with E-state index in [1.807, 2.05) is 0 Å². The van der Waals surface area contributed by atoms with Crippen LogP contribution in [0.15, 0.2) is 48.7 Å². The zero-order valence-electron chi connectivity index (χ0n) is 14.3. The quantitative estimate of drug-likeness (QED) is 0.527. The molecule has 0 atom stereocenters. The number of nitrogens with zero attached hydrogens (tertiary/aromatic N) is 2. The molecule has 1 amide bonds. The van der Waals surface area contributed by atoms with Crippen molar-refractivity contribution in [2.24, 2.45) is 0 Å². The minimum absolute atomic E-state index is 0.0538. The first kappa shape index (κ1) is 20.9. The lowest BCUT2D eigenvalue weighted by molar-refractivity contribution is -0.143. The average molecular weight is 448 g/mol. The Balaban J connectivity index is 1.79. The van der Waals surface area contributed by atoms with E-state index in [1.165, 1.54) is 6.07 Å². The fourth-order valence-electron chi connectivity index (χ4n) is 2.41. The zero-order chi connectivity index (χ0) is 21.2. The number of carbonyl (C=O) groups excluding carboxylic acids is 1. The molecule has 1 N–H and O–H groups in total. The van der Waals surface area contributed by atoms with Gasteiger partial charge in [-0.1, -0.05) is 29.3 Å². The second kappa shape index (κ2) is 8.30. The molecule has 0 saturated heterocycles. The number of hydrogen-bond donors (Lipinski definition) is 1. The number of alkyl halides is 3. The van der Waals surface area contributed by atoms with Gasteiger partial charge in [-0.2, -0.15) is 18.3 Å². The molecule has 1 aromatic heterocycles.